The zero-order valence-corrected chi connectivity index (χ0v) is 11.1. The van der Waals surface area contributed by atoms with Gasteiger partial charge in [0.2, 0.25) is 0 Å². The van der Waals surface area contributed by atoms with Crippen LogP contribution in [-0.4, -0.2) is 39.1 Å². The predicted molar refractivity (Wildman–Crippen MR) is 71.5 cm³/mol. The van der Waals surface area contributed by atoms with Gasteiger partial charge in [0.25, 0.3) is 5.91 Å². The van der Waals surface area contributed by atoms with Gasteiger partial charge < -0.3 is 4.90 Å². The number of rotatable bonds is 2. The number of H-pyrrole nitrogens is 1. The molecule has 3 rings (SSSR count). The molecule has 5 heteroatoms. The lowest BCUT2D eigenvalue weighted by atomic mass is 9.84. The molecular weight excluding hydrogens is 240 g/mol. The Bertz CT molecular complexity index is 595. The number of nitrogens with zero attached hydrogens (tertiary/aromatic N) is 3. The van der Waals surface area contributed by atoms with E-state index >= 15 is 0 Å². The third-order valence-corrected chi connectivity index (χ3v) is 3.31. The zero-order chi connectivity index (χ0) is 13.5. The molecule has 1 N–H and O–H groups in total. The van der Waals surface area contributed by atoms with Gasteiger partial charge in [0, 0.05) is 31.0 Å². The predicted octanol–water partition coefficient (Wildman–Crippen LogP) is 1.95. The van der Waals surface area contributed by atoms with E-state index in [4.69, 9.17) is 0 Å². The lowest BCUT2D eigenvalue weighted by molar-refractivity contribution is 0.0231. The van der Waals surface area contributed by atoms with Crippen LogP contribution < -0.4 is 0 Å². The Morgan fingerprint density at radius 2 is 2.00 bits per heavy atom. The number of hydrogen-bond donors (Lipinski definition) is 1. The number of aromatic nitrogens is 3. The first-order chi connectivity index (χ1) is 9.05. The third kappa shape index (κ3) is 2.23. The quantitative estimate of drug-likeness (QED) is 0.893. The minimum Gasteiger partial charge on any atom is -0.336 e. The maximum atomic E-state index is 12.2. The molecule has 1 aliphatic rings. The molecule has 2 aromatic rings. The van der Waals surface area contributed by atoms with Gasteiger partial charge in [0.15, 0.2) is 0 Å². The molecule has 0 atom stereocenters. The molecule has 0 unspecified atom stereocenters. The fourth-order valence-corrected chi connectivity index (χ4v) is 2.40. The van der Waals surface area contributed by atoms with Crippen LogP contribution in [0, 0.1) is 5.41 Å². The third-order valence-electron chi connectivity index (χ3n) is 3.31. The highest BCUT2D eigenvalue weighted by Gasteiger charge is 2.37. The van der Waals surface area contributed by atoms with Crippen LogP contribution in [0.5, 0.6) is 0 Å². The summed E-state index contributed by atoms with van der Waals surface area (Å²) in [6, 6.07) is 5.54. The van der Waals surface area contributed by atoms with Crippen LogP contribution in [0.15, 0.2) is 30.6 Å². The minimum atomic E-state index is 0.0205. The van der Waals surface area contributed by atoms with Gasteiger partial charge in [0.05, 0.1) is 5.69 Å². The normalized spacial score (nSPS) is 17.1. The van der Waals surface area contributed by atoms with E-state index in [2.05, 4.69) is 29.0 Å². The van der Waals surface area contributed by atoms with E-state index in [0.29, 0.717) is 5.69 Å². The number of nitrogens with one attached hydrogen (secondary N) is 1. The van der Waals surface area contributed by atoms with Crippen molar-refractivity contribution in [2.75, 3.05) is 13.1 Å². The summed E-state index contributed by atoms with van der Waals surface area (Å²) in [6.07, 6.45) is 3.42. The molecule has 5 nitrogen and oxygen atoms in total. The molecule has 0 aliphatic carbocycles. The molecular formula is C14H16N4O. The second-order valence-electron chi connectivity index (χ2n) is 5.73. The first-order valence-corrected chi connectivity index (χ1v) is 6.30. The monoisotopic (exact) mass is 256 g/mol. The number of hydrogen-bond acceptors (Lipinski definition) is 3. The fraction of sp³-hybridized carbons (Fsp3) is 0.357. The molecule has 2 aromatic heterocycles. The molecule has 1 saturated heterocycles. The number of carbonyl (C=O) groups is 1. The summed E-state index contributed by atoms with van der Waals surface area (Å²) >= 11 is 0. The van der Waals surface area contributed by atoms with Crippen LogP contribution in [0.1, 0.15) is 24.3 Å². The van der Waals surface area contributed by atoms with Gasteiger partial charge >= 0.3 is 0 Å². The summed E-state index contributed by atoms with van der Waals surface area (Å²) in [4.78, 5) is 18.0. The number of pyridine rings is 1. The Hall–Kier alpha value is -2.17. The Morgan fingerprint density at radius 3 is 2.63 bits per heavy atom. The van der Waals surface area contributed by atoms with Crippen molar-refractivity contribution in [2.45, 2.75) is 13.8 Å². The molecule has 1 amide bonds. The van der Waals surface area contributed by atoms with Crippen LogP contribution in [0.4, 0.5) is 0 Å². The maximum Gasteiger partial charge on any atom is 0.271 e. The number of likely N-dealkylation sites (tertiary alicyclic amines) is 1. The van der Waals surface area contributed by atoms with Gasteiger partial charge in [-0.05, 0) is 23.6 Å². The van der Waals surface area contributed by atoms with E-state index in [1.807, 2.05) is 17.0 Å². The van der Waals surface area contributed by atoms with Gasteiger partial charge in [-0.3, -0.25) is 14.9 Å². The first-order valence-electron chi connectivity index (χ1n) is 6.30. The van der Waals surface area contributed by atoms with Crippen molar-refractivity contribution in [3.8, 4) is 11.3 Å². The topological polar surface area (TPSA) is 61.9 Å². The van der Waals surface area contributed by atoms with Crippen LogP contribution in [0.25, 0.3) is 11.3 Å². The lowest BCUT2D eigenvalue weighted by Crippen LogP contribution is -2.55. The molecule has 0 saturated carbocycles. The highest BCUT2D eigenvalue weighted by molar-refractivity contribution is 5.94. The molecule has 0 aromatic carbocycles. The van der Waals surface area contributed by atoms with E-state index in [0.717, 1.165) is 24.3 Å². The van der Waals surface area contributed by atoms with Gasteiger partial charge in [-0.2, -0.15) is 5.10 Å². The average Bonchev–Trinajstić information content (AvgIpc) is 2.85. The summed E-state index contributed by atoms with van der Waals surface area (Å²) in [5.74, 6) is 0.0205. The van der Waals surface area contributed by atoms with E-state index in [9.17, 15) is 4.79 Å². The maximum absolute atomic E-state index is 12.2. The summed E-state index contributed by atoms with van der Waals surface area (Å²) in [6.45, 7) is 5.92. The SMILES string of the molecule is CC1(C)CN(C(=O)c2cc(-c3ccncc3)n[nH]2)C1. The largest absolute Gasteiger partial charge is 0.336 e. The van der Waals surface area contributed by atoms with Crippen molar-refractivity contribution in [3.05, 3.63) is 36.3 Å². The van der Waals surface area contributed by atoms with Crippen LogP contribution in [-0.2, 0) is 0 Å². The Morgan fingerprint density at radius 1 is 1.32 bits per heavy atom. The molecule has 0 radical (unpaired) electrons. The number of aromatic amines is 1. The molecule has 1 fully saturated rings. The van der Waals surface area contributed by atoms with Crippen LogP contribution >= 0.6 is 0 Å². The Kier molecular flexibility index (Phi) is 2.62. The standard InChI is InChI=1S/C14H16N4O/c1-14(2)8-18(9-14)13(19)12-7-11(16-17-12)10-3-5-15-6-4-10/h3-7H,8-9H2,1-2H3,(H,16,17). The fourth-order valence-electron chi connectivity index (χ4n) is 2.40. The lowest BCUT2D eigenvalue weighted by Gasteiger charge is -2.45. The van der Waals surface area contributed by atoms with Crippen molar-refractivity contribution in [2.24, 2.45) is 5.41 Å². The second-order valence-corrected chi connectivity index (χ2v) is 5.73. The molecule has 98 valence electrons. The molecule has 1 aliphatic heterocycles. The number of amides is 1. The molecule has 0 spiro atoms. The van der Waals surface area contributed by atoms with E-state index in [1.54, 1.807) is 18.5 Å². The summed E-state index contributed by atoms with van der Waals surface area (Å²) in [5.41, 5.74) is 2.51. The number of carbonyl (C=O) groups excluding carboxylic acids is 1. The van der Waals surface area contributed by atoms with Crippen molar-refractivity contribution < 1.29 is 4.79 Å². The molecule has 3 heterocycles. The van der Waals surface area contributed by atoms with Crippen LogP contribution in [0.2, 0.25) is 0 Å². The zero-order valence-electron chi connectivity index (χ0n) is 11.1. The Labute approximate surface area is 111 Å². The van der Waals surface area contributed by atoms with Crippen LogP contribution in [0.3, 0.4) is 0 Å². The first kappa shape index (κ1) is 11.9. The van der Waals surface area contributed by atoms with Crippen molar-refractivity contribution in [1.29, 1.82) is 0 Å². The second kappa shape index (κ2) is 4.19. The van der Waals surface area contributed by atoms with Gasteiger partial charge in [-0.25, -0.2) is 0 Å². The molecule has 19 heavy (non-hydrogen) atoms. The summed E-state index contributed by atoms with van der Waals surface area (Å²) in [7, 11) is 0. The summed E-state index contributed by atoms with van der Waals surface area (Å²) in [5, 5.41) is 7.00. The summed E-state index contributed by atoms with van der Waals surface area (Å²) < 4.78 is 0. The van der Waals surface area contributed by atoms with Gasteiger partial charge in [0.1, 0.15) is 5.69 Å². The van der Waals surface area contributed by atoms with Crippen molar-refractivity contribution in [1.82, 2.24) is 20.1 Å². The average molecular weight is 256 g/mol. The van der Waals surface area contributed by atoms with E-state index in [1.165, 1.54) is 0 Å². The van der Waals surface area contributed by atoms with Gasteiger partial charge in [-0.15, -0.1) is 0 Å². The highest BCUT2D eigenvalue weighted by atomic mass is 16.2. The van der Waals surface area contributed by atoms with Crippen molar-refractivity contribution >= 4 is 5.91 Å². The smallest absolute Gasteiger partial charge is 0.271 e. The van der Waals surface area contributed by atoms with Gasteiger partial charge in [-0.1, -0.05) is 13.8 Å². The van der Waals surface area contributed by atoms with Crippen molar-refractivity contribution in [3.63, 3.8) is 0 Å². The molecule has 0 bridgehead atoms. The van der Waals surface area contributed by atoms with E-state index < -0.39 is 0 Å². The minimum absolute atomic E-state index is 0.0205. The Balaban J connectivity index is 1.77. The highest BCUT2D eigenvalue weighted by Crippen LogP contribution is 2.30. The van der Waals surface area contributed by atoms with E-state index in [-0.39, 0.29) is 11.3 Å².